The summed E-state index contributed by atoms with van der Waals surface area (Å²) in [5.74, 6) is -0.793. The summed E-state index contributed by atoms with van der Waals surface area (Å²) < 4.78 is 45.1. The molecule has 0 spiro atoms. The average molecular weight is 594 g/mol. The number of hydrogen-bond donors (Lipinski definition) is 3. The molecule has 1 aromatic heterocycles. The summed E-state index contributed by atoms with van der Waals surface area (Å²) in [6.45, 7) is 2.52. The van der Waals surface area contributed by atoms with Gasteiger partial charge >= 0.3 is 6.18 Å². The fourth-order valence-corrected chi connectivity index (χ4v) is 4.15. The van der Waals surface area contributed by atoms with Crippen LogP contribution in [0.15, 0.2) is 48.7 Å². The predicted molar refractivity (Wildman–Crippen MR) is 148 cm³/mol. The summed E-state index contributed by atoms with van der Waals surface area (Å²) in [5, 5.41) is 8.22. The number of amides is 2. The third kappa shape index (κ3) is 8.79. The van der Waals surface area contributed by atoms with Crippen LogP contribution in [0.2, 0.25) is 5.02 Å². The molecule has 0 aliphatic rings. The topological polar surface area (TPSA) is 114 Å². The molecule has 0 saturated carbocycles. The molecule has 9 nitrogen and oxygen atoms in total. The van der Waals surface area contributed by atoms with Crippen LogP contribution < -0.4 is 20.7 Å². The Balaban J connectivity index is 1.74. The van der Waals surface area contributed by atoms with Gasteiger partial charge in [0, 0.05) is 37.8 Å². The van der Waals surface area contributed by atoms with Gasteiger partial charge in [-0.3, -0.25) is 14.4 Å². The van der Waals surface area contributed by atoms with Gasteiger partial charge < -0.3 is 25.3 Å². The zero-order valence-electron chi connectivity index (χ0n) is 22.9. The first-order valence-corrected chi connectivity index (χ1v) is 13.0. The molecule has 1 heterocycles. The Morgan fingerprint density at radius 3 is 2.37 bits per heavy atom. The number of nitrogens with one attached hydrogen (secondary N) is 3. The van der Waals surface area contributed by atoms with Crippen LogP contribution in [-0.4, -0.2) is 65.6 Å². The Morgan fingerprint density at radius 1 is 1.12 bits per heavy atom. The normalized spacial score (nSPS) is 12.9. The number of aryl methyl sites for hydroxylation is 1. The lowest BCUT2D eigenvalue weighted by atomic mass is 10.0. The number of aromatic nitrogens is 2. The highest BCUT2D eigenvalue weighted by atomic mass is 35.5. The van der Waals surface area contributed by atoms with E-state index in [4.69, 9.17) is 16.3 Å². The molecule has 0 aliphatic heterocycles. The van der Waals surface area contributed by atoms with Crippen molar-refractivity contribution < 1.29 is 32.3 Å². The molecule has 0 radical (unpaired) electrons. The molecule has 0 bridgehead atoms. The number of nitrogens with zero attached hydrogens (tertiary/aromatic N) is 2. The van der Waals surface area contributed by atoms with E-state index in [1.807, 2.05) is 24.3 Å². The number of hydrogen-bond acceptors (Lipinski definition) is 6. The zero-order valence-corrected chi connectivity index (χ0v) is 23.7. The van der Waals surface area contributed by atoms with Crippen molar-refractivity contribution in [2.75, 3.05) is 20.1 Å². The fourth-order valence-electron chi connectivity index (χ4n) is 3.93. The molecular formula is C28H31ClF3N5O4. The molecule has 0 saturated heterocycles. The summed E-state index contributed by atoms with van der Waals surface area (Å²) in [7, 11) is 3.38. The molecule has 3 N–H and O–H groups in total. The number of halogens is 4. The van der Waals surface area contributed by atoms with E-state index in [9.17, 15) is 27.6 Å². The van der Waals surface area contributed by atoms with Crippen molar-refractivity contribution in [2.45, 2.75) is 38.6 Å². The fraction of sp³-hybridized carbons (Fsp3) is 0.357. The van der Waals surface area contributed by atoms with Crippen LogP contribution in [0.3, 0.4) is 0 Å². The number of alkyl halides is 3. The molecule has 2 atom stereocenters. The summed E-state index contributed by atoms with van der Waals surface area (Å²) >= 11 is 6.10. The number of ether oxygens (including phenoxy) is 1. The quantitative estimate of drug-likeness (QED) is 0.274. The van der Waals surface area contributed by atoms with E-state index < -0.39 is 24.2 Å². The largest absolute Gasteiger partial charge is 0.480 e. The van der Waals surface area contributed by atoms with E-state index in [2.05, 4.69) is 20.9 Å². The Labute approximate surface area is 240 Å². The molecule has 3 aromatic rings. The van der Waals surface area contributed by atoms with E-state index in [1.165, 1.54) is 25.1 Å². The summed E-state index contributed by atoms with van der Waals surface area (Å²) in [4.78, 5) is 41.2. The molecule has 2 amide bonds. The molecule has 13 heteroatoms. The lowest BCUT2D eigenvalue weighted by Gasteiger charge is -2.21. The van der Waals surface area contributed by atoms with Crippen molar-refractivity contribution in [3.05, 3.63) is 70.6 Å². The second-order valence-electron chi connectivity index (χ2n) is 9.47. The monoisotopic (exact) mass is 593 g/mol. The van der Waals surface area contributed by atoms with Crippen LogP contribution in [0.5, 0.6) is 5.75 Å². The zero-order chi connectivity index (χ0) is 30.3. The van der Waals surface area contributed by atoms with Crippen molar-refractivity contribution in [1.29, 1.82) is 0 Å². The molecule has 0 aliphatic carbocycles. The number of ketones is 1. The minimum Gasteiger partial charge on any atom is -0.480 e. The summed E-state index contributed by atoms with van der Waals surface area (Å²) in [6.07, 6.45) is -4.54. The number of rotatable bonds is 12. The van der Waals surface area contributed by atoms with Crippen molar-refractivity contribution in [2.24, 2.45) is 7.05 Å². The highest BCUT2D eigenvalue weighted by molar-refractivity contribution is 6.32. The first-order chi connectivity index (χ1) is 19.3. The van der Waals surface area contributed by atoms with E-state index in [-0.39, 0.29) is 41.1 Å². The second kappa shape index (κ2) is 13.6. The van der Waals surface area contributed by atoms with Gasteiger partial charge in [-0.2, -0.15) is 13.2 Å². The Hall–Kier alpha value is -3.90. The number of imidazole rings is 1. The van der Waals surface area contributed by atoms with Crippen LogP contribution >= 0.6 is 11.6 Å². The first kappa shape index (κ1) is 31.6. The Kier molecular flexibility index (Phi) is 10.5. The Morgan fingerprint density at radius 2 is 1.80 bits per heavy atom. The van der Waals surface area contributed by atoms with Gasteiger partial charge in [-0.15, -0.1) is 0 Å². The van der Waals surface area contributed by atoms with Crippen LogP contribution in [0.4, 0.5) is 13.2 Å². The van der Waals surface area contributed by atoms with Gasteiger partial charge in [0.25, 0.3) is 5.91 Å². The molecule has 0 fully saturated rings. The molecule has 220 valence electrons. The van der Waals surface area contributed by atoms with Gasteiger partial charge in [-0.25, -0.2) is 4.98 Å². The van der Waals surface area contributed by atoms with Crippen molar-refractivity contribution in [1.82, 2.24) is 25.5 Å². The molecule has 3 rings (SSSR count). The van der Waals surface area contributed by atoms with Crippen molar-refractivity contribution in [3.63, 3.8) is 0 Å². The smallest absolute Gasteiger partial charge is 0.425 e. The molecule has 41 heavy (non-hydrogen) atoms. The van der Waals surface area contributed by atoms with E-state index >= 15 is 0 Å². The highest BCUT2D eigenvalue weighted by Gasteiger charge is 2.38. The summed E-state index contributed by atoms with van der Waals surface area (Å²) in [6, 6.07) is 10.6. The number of carbonyl (C=O) groups excluding carboxylic acids is 3. The van der Waals surface area contributed by atoms with Crippen molar-refractivity contribution in [3.8, 4) is 17.0 Å². The first-order valence-electron chi connectivity index (χ1n) is 12.7. The van der Waals surface area contributed by atoms with Crippen LogP contribution in [0.25, 0.3) is 11.3 Å². The maximum absolute atomic E-state index is 13.0. The predicted octanol–water partition coefficient (Wildman–Crippen LogP) is 3.95. The SMILES string of the molecule is CNCC(=O)NC[C@H](Cc1ccc(-c2cn(C)c(C(C)=O)n2)cc1)NC(=O)c1ccc(O[C@H](C)C(F)(F)F)c(Cl)c1. The van der Waals surface area contributed by atoms with Gasteiger partial charge in [0.05, 0.1) is 23.3 Å². The standard InChI is InChI=1S/C28H31ClF3N5O4/c1-16(38)26-36-23(15-37(26)4)19-7-5-18(6-8-19)11-21(13-34-25(39)14-33-3)35-27(40)20-9-10-24(22(29)12-20)41-17(2)28(30,31)32/h5-10,12,15,17,21,33H,11,13-14H2,1-4H3,(H,34,39)(H,35,40)/t17-,21+/m1/s1. The number of likely N-dealkylation sites (N-methyl/N-ethyl adjacent to an activating group) is 1. The van der Waals surface area contributed by atoms with Gasteiger partial charge in [-0.05, 0) is 44.2 Å². The maximum atomic E-state index is 13.0. The third-order valence-electron chi connectivity index (χ3n) is 6.10. The second-order valence-corrected chi connectivity index (χ2v) is 9.88. The van der Waals surface area contributed by atoms with Crippen LogP contribution in [0, 0.1) is 0 Å². The van der Waals surface area contributed by atoms with Crippen LogP contribution in [0.1, 0.15) is 40.4 Å². The van der Waals surface area contributed by atoms with E-state index in [0.717, 1.165) is 18.1 Å². The highest BCUT2D eigenvalue weighted by Crippen LogP contribution is 2.30. The molecule has 2 aromatic carbocycles. The van der Waals surface area contributed by atoms with Gasteiger partial charge in [0.15, 0.2) is 17.7 Å². The minimum absolute atomic E-state index is 0.0924. The van der Waals surface area contributed by atoms with Crippen molar-refractivity contribution >= 4 is 29.2 Å². The number of Topliss-reactive ketones (excluding diaryl/α,β-unsaturated/α-hetero) is 1. The number of carbonyl (C=O) groups is 3. The lowest BCUT2D eigenvalue weighted by molar-refractivity contribution is -0.189. The Bertz CT molecular complexity index is 1390. The van der Waals surface area contributed by atoms with Gasteiger partial charge in [0.1, 0.15) is 5.75 Å². The maximum Gasteiger partial charge on any atom is 0.425 e. The van der Waals surface area contributed by atoms with Gasteiger partial charge in [-0.1, -0.05) is 35.9 Å². The van der Waals surface area contributed by atoms with Crippen LogP contribution in [-0.2, 0) is 18.3 Å². The third-order valence-corrected chi connectivity index (χ3v) is 6.40. The summed E-state index contributed by atoms with van der Waals surface area (Å²) in [5.41, 5.74) is 2.41. The van der Waals surface area contributed by atoms with E-state index in [1.54, 1.807) is 24.9 Å². The van der Waals surface area contributed by atoms with Gasteiger partial charge in [0.2, 0.25) is 5.91 Å². The van der Waals surface area contributed by atoms with E-state index in [0.29, 0.717) is 17.9 Å². The average Bonchev–Trinajstić information content (AvgIpc) is 3.30. The molecular weight excluding hydrogens is 563 g/mol. The lowest BCUT2D eigenvalue weighted by Crippen LogP contribution is -2.46. The minimum atomic E-state index is -4.57. The molecule has 0 unspecified atom stereocenters. The number of benzene rings is 2.